The Hall–Kier alpha value is -1.79. The number of rotatable bonds is 6. The molecule has 0 aliphatic rings. The lowest BCUT2D eigenvalue weighted by Gasteiger charge is -2.17. The standard InChI is InChI=1S/C14H22N6/c1-4-5-20-14(16-9-17-20)8-13(19-15)12-6-10(2)18-11(3)7-12/h6-7,9,13,19H,4-5,8,15H2,1-3H3. The highest BCUT2D eigenvalue weighted by atomic mass is 15.3. The Labute approximate surface area is 119 Å². The molecule has 2 aromatic rings. The smallest absolute Gasteiger partial charge is 0.138 e. The lowest BCUT2D eigenvalue weighted by Crippen LogP contribution is -2.30. The normalized spacial score (nSPS) is 12.6. The van der Waals surface area contributed by atoms with Crippen LogP contribution in [-0.2, 0) is 13.0 Å². The minimum atomic E-state index is 0.00945. The molecule has 20 heavy (non-hydrogen) atoms. The molecule has 2 aromatic heterocycles. The monoisotopic (exact) mass is 274 g/mol. The number of hydrazine groups is 1. The summed E-state index contributed by atoms with van der Waals surface area (Å²) >= 11 is 0. The molecule has 1 unspecified atom stereocenters. The van der Waals surface area contributed by atoms with E-state index in [0.29, 0.717) is 6.42 Å². The Morgan fingerprint density at radius 1 is 1.30 bits per heavy atom. The fourth-order valence-corrected chi connectivity index (χ4v) is 2.37. The van der Waals surface area contributed by atoms with E-state index in [-0.39, 0.29) is 6.04 Å². The van der Waals surface area contributed by atoms with Gasteiger partial charge in [-0.25, -0.2) is 4.98 Å². The summed E-state index contributed by atoms with van der Waals surface area (Å²) in [4.78, 5) is 8.73. The van der Waals surface area contributed by atoms with Crippen LogP contribution < -0.4 is 11.3 Å². The van der Waals surface area contributed by atoms with Crippen LogP contribution in [0.5, 0.6) is 0 Å². The van der Waals surface area contributed by atoms with Gasteiger partial charge in [-0.3, -0.25) is 20.9 Å². The predicted molar refractivity (Wildman–Crippen MR) is 77.8 cm³/mol. The molecule has 3 N–H and O–H groups in total. The van der Waals surface area contributed by atoms with Gasteiger partial charge in [-0.05, 0) is 38.0 Å². The molecule has 0 radical (unpaired) electrons. The summed E-state index contributed by atoms with van der Waals surface area (Å²) in [6.07, 6.45) is 3.34. The van der Waals surface area contributed by atoms with Crippen molar-refractivity contribution in [2.24, 2.45) is 5.84 Å². The molecule has 0 bridgehead atoms. The first-order chi connectivity index (χ1) is 9.63. The Morgan fingerprint density at radius 2 is 2.00 bits per heavy atom. The van der Waals surface area contributed by atoms with Crippen molar-refractivity contribution in [2.45, 2.75) is 46.2 Å². The van der Waals surface area contributed by atoms with Crippen molar-refractivity contribution in [3.8, 4) is 0 Å². The third-order valence-electron chi connectivity index (χ3n) is 3.23. The number of nitrogens with zero attached hydrogens (tertiary/aromatic N) is 4. The molecule has 0 aliphatic heterocycles. The summed E-state index contributed by atoms with van der Waals surface area (Å²) in [5.74, 6) is 6.66. The molecular weight excluding hydrogens is 252 g/mol. The topological polar surface area (TPSA) is 81.7 Å². The molecule has 6 heteroatoms. The lowest BCUT2D eigenvalue weighted by atomic mass is 10.0. The Kier molecular flexibility index (Phi) is 4.81. The zero-order valence-corrected chi connectivity index (χ0v) is 12.3. The molecule has 0 spiro atoms. The molecule has 2 heterocycles. The summed E-state index contributed by atoms with van der Waals surface area (Å²) in [5.41, 5.74) is 5.99. The van der Waals surface area contributed by atoms with E-state index >= 15 is 0 Å². The van der Waals surface area contributed by atoms with E-state index in [1.54, 1.807) is 6.33 Å². The first-order valence-corrected chi connectivity index (χ1v) is 6.92. The van der Waals surface area contributed by atoms with Crippen LogP contribution >= 0.6 is 0 Å². The van der Waals surface area contributed by atoms with Crippen LogP contribution in [0.15, 0.2) is 18.5 Å². The van der Waals surface area contributed by atoms with Gasteiger partial charge in [0.1, 0.15) is 12.2 Å². The van der Waals surface area contributed by atoms with Crippen molar-refractivity contribution in [1.29, 1.82) is 0 Å². The van der Waals surface area contributed by atoms with Crippen LogP contribution in [0.1, 0.15) is 42.2 Å². The molecule has 0 aliphatic carbocycles. The maximum atomic E-state index is 5.72. The molecule has 0 aromatic carbocycles. The number of hydrogen-bond acceptors (Lipinski definition) is 5. The van der Waals surface area contributed by atoms with Gasteiger partial charge in [0, 0.05) is 24.4 Å². The molecule has 2 rings (SSSR count). The number of aromatic nitrogens is 4. The average molecular weight is 274 g/mol. The predicted octanol–water partition coefficient (Wildman–Crippen LogP) is 1.45. The number of nitrogens with one attached hydrogen (secondary N) is 1. The fraction of sp³-hybridized carbons (Fsp3) is 0.500. The Balaban J connectivity index is 2.22. The van der Waals surface area contributed by atoms with E-state index in [9.17, 15) is 0 Å². The Morgan fingerprint density at radius 3 is 2.60 bits per heavy atom. The van der Waals surface area contributed by atoms with E-state index in [1.807, 2.05) is 18.5 Å². The maximum Gasteiger partial charge on any atom is 0.138 e. The largest absolute Gasteiger partial charge is 0.271 e. The first kappa shape index (κ1) is 14.6. The van der Waals surface area contributed by atoms with E-state index in [2.05, 4.69) is 39.5 Å². The van der Waals surface area contributed by atoms with Gasteiger partial charge in [0.15, 0.2) is 0 Å². The quantitative estimate of drug-likeness (QED) is 0.615. The molecule has 1 atom stereocenters. The van der Waals surface area contributed by atoms with Crippen molar-refractivity contribution in [2.75, 3.05) is 0 Å². The number of aryl methyl sites for hydroxylation is 3. The SMILES string of the molecule is CCCn1ncnc1CC(NN)c1cc(C)nc(C)c1. The van der Waals surface area contributed by atoms with Crippen molar-refractivity contribution < 1.29 is 0 Å². The summed E-state index contributed by atoms with van der Waals surface area (Å²) in [7, 11) is 0. The minimum absolute atomic E-state index is 0.00945. The maximum absolute atomic E-state index is 5.72. The molecule has 0 saturated heterocycles. The second kappa shape index (κ2) is 6.58. The van der Waals surface area contributed by atoms with Gasteiger partial charge in [0.25, 0.3) is 0 Å². The zero-order chi connectivity index (χ0) is 14.5. The fourth-order valence-electron chi connectivity index (χ4n) is 2.37. The van der Waals surface area contributed by atoms with Gasteiger partial charge in [-0.15, -0.1) is 0 Å². The second-order valence-electron chi connectivity index (χ2n) is 5.01. The van der Waals surface area contributed by atoms with Gasteiger partial charge < -0.3 is 0 Å². The molecule has 0 amide bonds. The molecule has 6 nitrogen and oxygen atoms in total. The van der Waals surface area contributed by atoms with E-state index < -0.39 is 0 Å². The van der Waals surface area contributed by atoms with Crippen LogP contribution in [0, 0.1) is 13.8 Å². The average Bonchev–Trinajstić information content (AvgIpc) is 2.82. The summed E-state index contributed by atoms with van der Waals surface area (Å²) < 4.78 is 1.94. The highest BCUT2D eigenvalue weighted by Crippen LogP contribution is 2.18. The van der Waals surface area contributed by atoms with Crippen LogP contribution in [-0.4, -0.2) is 19.7 Å². The van der Waals surface area contributed by atoms with Crippen LogP contribution in [0.3, 0.4) is 0 Å². The minimum Gasteiger partial charge on any atom is -0.271 e. The van der Waals surface area contributed by atoms with Crippen LogP contribution in [0.25, 0.3) is 0 Å². The Bertz CT molecular complexity index is 542. The first-order valence-electron chi connectivity index (χ1n) is 6.92. The third-order valence-corrected chi connectivity index (χ3v) is 3.23. The van der Waals surface area contributed by atoms with Gasteiger partial charge >= 0.3 is 0 Å². The number of pyridine rings is 1. The van der Waals surface area contributed by atoms with Crippen LogP contribution in [0.4, 0.5) is 0 Å². The van der Waals surface area contributed by atoms with Crippen LogP contribution in [0.2, 0.25) is 0 Å². The summed E-state index contributed by atoms with van der Waals surface area (Å²) in [6, 6.07) is 4.12. The van der Waals surface area contributed by atoms with Crippen molar-refractivity contribution in [1.82, 2.24) is 25.2 Å². The van der Waals surface area contributed by atoms with E-state index in [4.69, 9.17) is 5.84 Å². The van der Waals surface area contributed by atoms with Gasteiger partial charge in [0.2, 0.25) is 0 Å². The van der Waals surface area contributed by atoms with Gasteiger partial charge in [0.05, 0.1) is 6.04 Å². The lowest BCUT2D eigenvalue weighted by molar-refractivity contribution is 0.498. The highest BCUT2D eigenvalue weighted by molar-refractivity contribution is 5.24. The summed E-state index contributed by atoms with van der Waals surface area (Å²) in [6.45, 7) is 6.98. The van der Waals surface area contributed by atoms with E-state index in [1.165, 1.54) is 0 Å². The third kappa shape index (κ3) is 3.40. The van der Waals surface area contributed by atoms with Gasteiger partial charge in [-0.2, -0.15) is 5.10 Å². The molecule has 0 saturated carbocycles. The second-order valence-corrected chi connectivity index (χ2v) is 5.01. The number of hydrogen-bond donors (Lipinski definition) is 2. The molecular formula is C14H22N6. The van der Waals surface area contributed by atoms with Crippen molar-refractivity contribution in [3.05, 3.63) is 41.2 Å². The van der Waals surface area contributed by atoms with E-state index in [0.717, 1.165) is 35.7 Å². The van der Waals surface area contributed by atoms with Gasteiger partial charge in [-0.1, -0.05) is 6.92 Å². The molecule has 0 fully saturated rings. The van der Waals surface area contributed by atoms with Crippen molar-refractivity contribution >= 4 is 0 Å². The highest BCUT2D eigenvalue weighted by Gasteiger charge is 2.15. The molecule has 108 valence electrons. The zero-order valence-electron chi connectivity index (χ0n) is 12.3. The number of nitrogens with two attached hydrogens (primary N) is 1. The summed E-state index contributed by atoms with van der Waals surface area (Å²) in [5, 5.41) is 4.25. The van der Waals surface area contributed by atoms with Crippen molar-refractivity contribution in [3.63, 3.8) is 0 Å².